The number of thiocarbonyl (C=S) groups is 1. The van der Waals surface area contributed by atoms with E-state index in [1.54, 1.807) is 0 Å². The molecule has 0 N–H and O–H groups in total. The van der Waals surface area contributed by atoms with E-state index >= 15 is 0 Å². The summed E-state index contributed by atoms with van der Waals surface area (Å²) >= 11 is 6.20. The van der Waals surface area contributed by atoms with Gasteiger partial charge in [-0.1, -0.05) is 24.0 Å². The monoisotopic (exact) mass is 188 g/mol. The van der Waals surface area contributed by atoms with Crippen LogP contribution in [0.4, 0.5) is 0 Å². The maximum absolute atomic E-state index is 11.0. The normalized spacial score (nSPS) is 21.4. The zero-order valence-corrected chi connectivity index (χ0v) is 7.76. The highest BCUT2D eigenvalue weighted by molar-refractivity contribution is 8.27. The quantitative estimate of drug-likeness (QED) is 0.375. The van der Waals surface area contributed by atoms with Crippen molar-refractivity contribution in [1.82, 2.24) is 0 Å². The summed E-state index contributed by atoms with van der Waals surface area (Å²) in [7, 11) is 0. The Morgan fingerprint density at radius 1 is 1.82 bits per heavy atom. The Bertz CT molecular complexity index is 220. The number of Topliss-reactive ketones (excluding diaryl/α,β-unsaturated/α-hetero) is 1. The van der Waals surface area contributed by atoms with Gasteiger partial charge in [-0.3, -0.25) is 4.79 Å². The lowest BCUT2D eigenvalue weighted by molar-refractivity contribution is -0.113. The van der Waals surface area contributed by atoms with Crippen LogP contribution in [0.1, 0.15) is 13.3 Å². The molecule has 0 aromatic rings. The second-order valence-corrected chi connectivity index (χ2v) is 3.90. The summed E-state index contributed by atoms with van der Waals surface area (Å²) in [5.41, 5.74) is 0. The van der Waals surface area contributed by atoms with Crippen LogP contribution in [0.2, 0.25) is 0 Å². The van der Waals surface area contributed by atoms with Crippen molar-refractivity contribution in [2.45, 2.75) is 13.3 Å². The maximum Gasteiger partial charge on any atom is 0.178 e. The van der Waals surface area contributed by atoms with Crippen molar-refractivity contribution in [3.05, 3.63) is 11.2 Å². The third-order valence-electron chi connectivity index (χ3n) is 1.16. The molecular formula is C7H8O2S2. The van der Waals surface area contributed by atoms with E-state index in [4.69, 9.17) is 17.0 Å². The number of allylic oxidation sites excluding steroid dienone is 1. The van der Waals surface area contributed by atoms with Gasteiger partial charge in [0.05, 0.1) is 22.1 Å². The largest absolute Gasteiger partial charge is 0.500 e. The highest BCUT2D eigenvalue weighted by Gasteiger charge is 2.22. The minimum Gasteiger partial charge on any atom is -0.500 e. The maximum atomic E-state index is 11.0. The summed E-state index contributed by atoms with van der Waals surface area (Å²) in [6.07, 6.45) is 1.88. The second kappa shape index (κ2) is 3.88. The second-order valence-electron chi connectivity index (χ2n) is 2.01. The van der Waals surface area contributed by atoms with Crippen molar-refractivity contribution in [1.29, 1.82) is 0 Å². The Hall–Kier alpha value is -0.350. The number of hydrogen-bond donors (Lipinski definition) is 0. The van der Waals surface area contributed by atoms with Crippen molar-refractivity contribution in [2.24, 2.45) is 0 Å². The molecule has 0 aromatic carbocycles. The number of carbonyl (C=O) groups is 1. The Morgan fingerprint density at radius 2 is 2.55 bits per heavy atom. The predicted molar refractivity (Wildman–Crippen MR) is 49.5 cm³/mol. The van der Waals surface area contributed by atoms with Crippen molar-refractivity contribution >= 4 is 34.0 Å². The van der Waals surface area contributed by atoms with Gasteiger partial charge in [-0.15, -0.1) is 0 Å². The molecular weight excluding hydrogens is 180 g/mol. The van der Waals surface area contributed by atoms with Crippen molar-refractivity contribution in [2.75, 3.05) is 6.61 Å². The van der Waals surface area contributed by atoms with E-state index < -0.39 is 0 Å². The van der Waals surface area contributed by atoms with E-state index in [1.165, 1.54) is 18.0 Å². The topological polar surface area (TPSA) is 26.3 Å². The first kappa shape index (κ1) is 8.74. The molecule has 1 aliphatic heterocycles. The molecule has 0 saturated carbocycles. The van der Waals surface area contributed by atoms with Gasteiger partial charge >= 0.3 is 0 Å². The van der Waals surface area contributed by atoms with Gasteiger partial charge in [0.15, 0.2) is 5.78 Å². The van der Waals surface area contributed by atoms with E-state index in [-0.39, 0.29) is 5.78 Å². The first-order valence-corrected chi connectivity index (χ1v) is 4.52. The number of rotatable bonds is 2. The fraction of sp³-hybridized carbons (Fsp3) is 0.429. The summed E-state index contributed by atoms with van der Waals surface area (Å²) in [6, 6.07) is 0. The molecule has 1 aliphatic rings. The van der Waals surface area contributed by atoms with E-state index in [2.05, 4.69) is 0 Å². The molecule has 0 unspecified atom stereocenters. The molecule has 0 bridgehead atoms. The zero-order chi connectivity index (χ0) is 8.27. The van der Waals surface area contributed by atoms with Crippen LogP contribution in [0, 0.1) is 0 Å². The van der Waals surface area contributed by atoms with Crippen LogP contribution in [0.25, 0.3) is 0 Å². The number of carbonyl (C=O) groups excluding carboxylic acids is 1. The molecule has 0 radical (unpaired) electrons. The van der Waals surface area contributed by atoms with Gasteiger partial charge in [-0.05, 0) is 6.92 Å². The van der Waals surface area contributed by atoms with Crippen LogP contribution in [0.5, 0.6) is 0 Å². The number of ketones is 1. The summed E-state index contributed by atoms with van der Waals surface area (Å²) in [4.78, 5) is 11.7. The van der Waals surface area contributed by atoms with E-state index in [0.717, 1.165) is 4.20 Å². The lowest BCUT2D eigenvalue weighted by Crippen LogP contribution is -1.92. The minimum absolute atomic E-state index is 0.0773. The van der Waals surface area contributed by atoms with Crippen molar-refractivity contribution in [3.8, 4) is 0 Å². The third-order valence-corrected chi connectivity index (χ3v) is 2.47. The highest BCUT2D eigenvalue weighted by atomic mass is 32.2. The van der Waals surface area contributed by atoms with Crippen LogP contribution >= 0.6 is 24.0 Å². The first-order valence-electron chi connectivity index (χ1n) is 3.29. The molecule has 1 fully saturated rings. The van der Waals surface area contributed by atoms with Gasteiger partial charge in [0.1, 0.15) is 6.26 Å². The molecule has 1 rings (SSSR count). The van der Waals surface area contributed by atoms with Gasteiger partial charge in [-0.2, -0.15) is 0 Å². The van der Waals surface area contributed by atoms with Crippen LogP contribution in [0.3, 0.4) is 0 Å². The van der Waals surface area contributed by atoms with Crippen molar-refractivity contribution in [3.63, 3.8) is 0 Å². The number of thioether (sulfide) groups is 1. The molecule has 1 heterocycles. The molecule has 2 nitrogen and oxygen atoms in total. The minimum atomic E-state index is 0.0773. The Morgan fingerprint density at radius 3 is 3.00 bits per heavy atom. The average Bonchev–Trinajstić information content (AvgIpc) is 2.26. The van der Waals surface area contributed by atoms with E-state index in [9.17, 15) is 4.79 Å². The molecule has 0 aliphatic carbocycles. The first-order chi connectivity index (χ1) is 5.24. The standard InChI is InChI=1S/C7H8O2S2/c1-2-9-4-6-5(8)3-7(10)11-6/h4H,2-3H2,1H3. The van der Waals surface area contributed by atoms with E-state index in [1.807, 2.05) is 6.92 Å². The smallest absolute Gasteiger partial charge is 0.178 e. The van der Waals surface area contributed by atoms with Crippen LogP contribution < -0.4 is 0 Å². The summed E-state index contributed by atoms with van der Waals surface area (Å²) < 4.78 is 5.71. The Kier molecular flexibility index (Phi) is 3.08. The highest BCUT2D eigenvalue weighted by Crippen LogP contribution is 2.29. The Labute approximate surface area is 75.0 Å². The SMILES string of the molecule is CCOC=C1SC(=S)CC1=O. The van der Waals surface area contributed by atoms with Crippen molar-refractivity contribution < 1.29 is 9.53 Å². The van der Waals surface area contributed by atoms with Gasteiger partial charge < -0.3 is 4.74 Å². The zero-order valence-electron chi connectivity index (χ0n) is 6.12. The average molecular weight is 188 g/mol. The van der Waals surface area contributed by atoms with Gasteiger partial charge in [0.2, 0.25) is 0 Å². The molecule has 0 amide bonds. The fourth-order valence-corrected chi connectivity index (χ4v) is 1.83. The summed E-state index contributed by atoms with van der Waals surface area (Å²) in [5, 5.41) is 0. The number of ether oxygens (including phenoxy) is 1. The van der Waals surface area contributed by atoms with Gasteiger partial charge in [0.25, 0.3) is 0 Å². The molecule has 11 heavy (non-hydrogen) atoms. The lowest BCUT2D eigenvalue weighted by atomic mass is 10.3. The molecule has 4 heteroatoms. The molecule has 1 saturated heterocycles. The molecule has 60 valence electrons. The molecule has 0 spiro atoms. The summed E-state index contributed by atoms with van der Waals surface area (Å²) in [6.45, 7) is 2.46. The van der Waals surface area contributed by atoms with Gasteiger partial charge in [-0.25, -0.2) is 0 Å². The van der Waals surface area contributed by atoms with Crippen LogP contribution in [-0.4, -0.2) is 16.6 Å². The predicted octanol–water partition coefficient (Wildman–Crippen LogP) is 1.90. The fourth-order valence-electron chi connectivity index (χ4n) is 0.683. The van der Waals surface area contributed by atoms with Crippen LogP contribution in [-0.2, 0) is 9.53 Å². The van der Waals surface area contributed by atoms with Crippen LogP contribution in [0.15, 0.2) is 11.2 Å². The van der Waals surface area contributed by atoms with E-state index in [0.29, 0.717) is 17.9 Å². The number of hydrogen-bond acceptors (Lipinski definition) is 4. The third kappa shape index (κ3) is 2.31. The Balaban J connectivity index is 2.59. The molecule has 0 atom stereocenters. The summed E-state index contributed by atoms with van der Waals surface area (Å²) in [5.74, 6) is 0.0773. The van der Waals surface area contributed by atoms with Gasteiger partial charge in [0, 0.05) is 0 Å². The molecule has 0 aromatic heterocycles. The lowest BCUT2D eigenvalue weighted by Gasteiger charge is -1.94.